The van der Waals surface area contributed by atoms with Crippen LogP contribution in [0, 0.1) is 5.92 Å². The number of hydrogen-bond acceptors (Lipinski definition) is 3. The van der Waals surface area contributed by atoms with E-state index in [1.807, 2.05) is 36.2 Å². The van der Waals surface area contributed by atoms with Crippen LogP contribution in [0.3, 0.4) is 0 Å². The van der Waals surface area contributed by atoms with Crippen LogP contribution in [0.25, 0.3) is 0 Å². The van der Waals surface area contributed by atoms with Gasteiger partial charge in [-0.15, -0.1) is 0 Å². The maximum absolute atomic E-state index is 12.0. The number of nitrogens with one attached hydrogen (secondary N) is 1. The molecule has 0 aromatic heterocycles. The topological polar surface area (TPSA) is 41.6 Å². The molecule has 1 fully saturated rings. The molecule has 0 radical (unpaired) electrons. The Morgan fingerprint density at radius 1 is 1.47 bits per heavy atom. The van der Waals surface area contributed by atoms with Gasteiger partial charge >= 0.3 is 0 Å². The molecule has 1 aliphatic rings. The average molecular weight is 327 g/mol. The van der Waals surface area contributed by atoms with Crippen molar-refractivity contribution in [3.05, 3.63) is 28.7 Å². The Morgan fingerprint density at radius 2 is 2.21 bits per heavy atom. The number of carbonyl (C=O) groups excluding carboxylic acids is 1. The second-order valence-corrected chi connectivity index (χ2v) is 5.71. The van der Waals surface area contributed by atoms with Crippen molar-refractivity contribution in [1.29, 1.82) is 0 Å². The Labute approximate surface area is 122 Å². The van der Waals surface area contributed by atoms with E-state index in [0.717, 1.165) is 36.3 Å². The highest BCUT2D eigenvalue weighted by atomic mass is 79.9. The number of rotatable bonds is 5. The Kier molecular flexibility index (Phi) is 5.22. The van der Waals surface area contributed by atoms with Gasteiger partial charge in [-0.3, -0.25) is 4.79 Å². The molecule has 0 aliphatic carbocycles. The molecule has 0 saturated carbocycles. The first-order chi connectivity index (χ1) is 9.19. The molecule has 0 unspecified atom stereocenters. The Morgan fingerprint density at radius 3 is 2.89 bits per heavy atom. The van der Waals surface area contributed by atoms with Crippen molar-refractivity contribution in [2.45, 2.75) is 6.42 Å². The molecule has 1 saturated heterocycles. The van der Waals surface area contributed by atoms with Gasteiger partial charge in [-0.25, -0.2) is 0 Å². The number of nitrogens with zero attached hydrogens (tertiary/aromatic N) is 1. The predicted octanol–water partition coefficient (Wildman–Crippen LogP) is 1.90. The van der Waals surface area contributed by atoms with E-state index in [1.54, 1.807) is 0 Å². The molecule has 1 atom stereocenters. The number of carbonyl (C=O) groups is 1. The zero-order valence-electron chi connectivity index (χ0n) is 11.1. The van der Waals surface area contributed by atoms with E-state index in [-0.39, 0.29) is 12.5 Å². The van der Waals surface area contributed by atoms with Gasteiger partial charge in [0.2, 0.25) is 0 Å². The van der Waals surface area contributed by atoms with Gasteiger partial charge in [0.15, 0.2) is 6.61 Å². The van der Waals surface area contributed by atoms with Gasteiger partial charge in [0.05, 0.1) is 0 Å². The van der Waals surface area contributed by atoms with E-state index < -0.39 is 0 Å². The van der Waals surface area contributed by atoms with Crippen LogP contribution in [-0.4, -0.2) is 44.1 Å². The highest BCUT2D eigenvalue weighted by Gasteiger charge is 2.25. The molecule has 1 aliphatic heterocycles. The van der Waals surface area contributed by atoms with Gasteiger partial charge < -0.3 is 15.0 Å². The van der Waals surface area contributed by atoms with E-state index in [4.69, 9.17) is 4.74 Å². The molecule has 2 rings (SSSR count). The molecule has 4 nitrogen and oxygen atoms in total. The highest BCUT2D eigenvalue weighted by Crippen LogP contribution is 2.18. The third kappa shape index (κ3) is 4.21. The minimum absolute atomic E-state index is 0.0709. The van der Waals surface area contributed by atoms with E-state index >= 15 is 0 Å². The molecule has 0 bridgehead atoms. The van der Waals surface area contributed by atoms with E-state index in [9.17, 15) is 4.79 Å². The first kappa shape index (κ1) is 14.3. The summed E-state index contributed by atoms with van der Waals surface area (Å²) >= 11 is 3.36. The maximum Gasteiger partial charge on any atom is 0.260 e. The summed E-state index contributed by atoms with van der Waals surface area (Å²) in [5, 5.41) is 3.16. The molecule has 5 heteroatoms. The highest BCUT2D eigenvalue weighted by molar-refractivity contribution is 9.10. The van der Waals surface area contributed by atoms with Crippen molar-refractivity contribution >= 4 is 21.8 Å². The van der Waals surface area contributed by atoms with Crippen molar-refractivity contribution in [2.24, 2.45) is 5.92 Å². The van der Waals surface area contributed by atoms with Gasteiger partial charge in [0.25, 0.3) is 5.91 Å². The first-order valence-electron chi connectivity index (χ1n) is 6.50. The summed E-state index contributed by atoms with van der Waals surface area (Å²) in [6.45, 7) is 2.77. The second kappa shape index (κ2) is 6.91. The van der Waals surface area contributed by atoms with Crippen LogP contribution in [-0.2, 0) is 4.79 Å². The largest absolute Gasteiger partial charge is 0.484 e. The molecule has 1 N–H and O–H groups in total. The monoisotopic (exact) mass is 326 g/mol. The summed E-state index contributed by atoms with van der Waals surface area (Å²) in [5.74, 6) is 1.37. The number of amides is 1. The first-order valence-corrected chi connectivity index (χ1v) is 7.29. The van der Waals surface area contributed by atoms with Crippen molar-refractivity contribution in [3.8, 4) is 5.75 Å². The Bertz CT molecular complexity index is 422. The molecule has 1 aromatic carbocycles. The smallest absolute Gasteiger partial charge is 0.260 e. The molecule has 19 heavy (non-hydrogen) atoms. The summed E-state index contributed by atoms with van der Waals surface area (Å²) in [6.07, 6.45) is 1.07. The lowest BCUT2D eigenvalue weighted by Gasteiger charge is -2.17. The number of hydrogen-bond donors (Lipinski definition) is 1. The fourth-order valence-electron chi connectivity index (χ4n) is 2.28. The number of likely N-dealkylation sites (tertiary alicyclic amines) is 1. The van der Waals surface area contributed by atoms with E-state index in [2.05, 4.69) is 21.2 Å². The van der Waals surface area contributed by atoms with Crippen molar-refractivity contribution < 1.29 is 9.53 Å². The van der Waals surface area contributed by atoms with Crippen LogP contribution in [0.15, 0.2) is 28.7 Å². The van der Waals surface area contributed by atoms with Crippen LogP contribution >= 0.6 is 15.9 Å². The van der Waals surface area contributed by atoms with Gasteiger partial charge in [-0.1, -0.05) is 15.9 Å². The van der Waals surface area contributed by atoms with Gasteiger partial charge in [-0.2, -0.15) is 0 Å². The molecule has 1 amide bonds. The summed E-state index contributed by atoms with van der Waals surface area (Å²) in [4.78, 5) is 13.9. The predicted molar refractivity (Wildman–Crippen MR) is 78.3 cm³/mol. The van der Waals surface area contributed by atoms with Crippen molar-refractivity contribution in [3.63, 3.8) is 0 Å². The van der Waals surface area contributed by atoms with Crippen LogP contribution in [0.4, 0.5) is 0 Å². The third-order valence-corrected chi connectivity index (χ3v) is 3.84. The number of ether oxygens (including phenoxy) is 1. The normalized spacial score (nSPS) is 18.6. The van der Waals surface area contributed by atoms with Gasteiger partial charge in [0.1, 0.15) is 5.75 Å². The lowest BCUT2D eigenvalue weighted by atomic mass is 10.1. The van der Waals surface area contributed by atoms with Gasteiger partial charge in [-0.05, 0) is 50.2 Å². The van der Waals surface area contributed by atoms with Gasteiger partial charge in [0, 0.05) is 17.6 Å². The fourth-order valence-corrected chi connectivity index (χ4v) is 2.55. The van der Waals surface area contributed by atoms with Crippen molar-refractivity contribution in [2.75, 3.05) is 33.3 Å². The maximum atomic E-state index is 12.0. The summed E-state index contributed by atoms with van der Waals surface area (Å²) in [6, 6.07) is 7.51. The summed E-state index contributed by atoms with van der Waals surface area (Å²) in [5.41, 5.74) is 0. The fraction of sp³-hybridized carbons (Fsp3) is 0.500. The molecule has 1 aromatic rings. The van der Waals surface area contributed by atoms with E-state index in [1.165, 1.54) is 0 Å². The van der Waals surface area contributed by atoms with Crippen LogP contribution in [0.1, 0.15) is 6.42 Å². The SMILES string of the molecule is CNC[C@@H]1CCN(C(=O)COc2ccc(Br)cc2)C1. The number of halogens is 1. The van der Waals surface area contributed by atoms with Crippen LogP contribution in [0.2, 0.25) is 0 Å². The molecule has 104 valence electrons. The minimum atomic E-state index is 0.0709. The molecule has 1 heterocycles. The van der Waals surface area contributed by atoms with E-state index in [0.29, 0.717) is 5.92 Å². The van der Waals surface area contributed by atoms with Crippen LogP contribution < -0.4 is 10.1 Å². The minimum Gasteiger partial charge on any atom is -0.484 e. The average Bonchev–Trinajstić information content (AvgIpc) is 2.87. The summed E-state index contributed by atoms with van der Waals surface area (Å²) in [7, 11) is 1.95. The Balaban J connectivity index is 1.77. The lowest BCUT2D eigenvalue weighted by molar-refractivity contribution is -0.132. The second-order valence-electron chi connectivity index (χ2n) is 4.79. The molecular weight excluding hydrogens is 308 g/mol. The van der Waals surface area contributed by atoms with Crippen molar-refractivity contribution in [1.82, 2.24) is 10.2 Å². The zero-order chi connectivity index (χ0) is 13.7. The Hall–Kier alpha value is -1.07. The molecule has 0 spiro atoms. The third-order valence-electron chi connectivity index (χ3n) is 3.31. The number of benzene rings is 1. The lowest BCUT2D eigenvalue weighted by Crippen LogP contribution is -2.34. The molecular formula is C14H19BrN2O2. The zero-order valence-corrected chi connectivity index (χ0v) is 12.6. The van der Waals surface area contributed by atoms with Crippen LogP contribution in [0.5, 0.6) is 5.75 Å². The summed E-state index contributed by atoms with van der Waals surface area (Å²) < 4.78 is 6.50. The standard InChI is InChI=1S/C14H19BrN2O2/c1-16-8-11-6-7-17(9-11)14(18)10-19-13-4-2-12(15)3-5-13/h2-5,11,16H,6-10H2,1H3/t11-/m0/s1. The quantitative estimate of drug-likeness (QED) is 0.898.